The lowest BCUT2D eigenvalue weighted by Crippen LogP contribution is -1.98. The summed E-state index contributed by atoms with van der Waals surface area (Å²) in [5.41, 5.74) is 2.40. The molecule has 0 atom stereocenters. The number of ketones is 1. The van der Waals surface area contributed by atoms with E-state index < -0.39 is 0 Å². The number of H-pyrrole nitrogens is 1. The van der Waals surface area contributed by atoms with E-state index in [2.05, 4.69) is 4.98 Å². The van der Waals surface area contributed by atoms with E-state index in [9.17, 15) is 4.79 Å². The highest BCUT2D eigenvalue weighted by molar-refractivity contribution is 7.08. The van der Waals surface area contributed by atoms with Crippen LogP contribution in [0, 0.1) is 0 Å². The molecular formula is C13H9NOS. The summed E-state index contributed by atoms with van der Waals surface area (Å²) in [4.78, 5) is 15.2. The molecule has 3 heteroatoms. The molecule has 2 heterocycles. The molecule has 1 N–H and O–H groups in total. The Labute approximate surface area is 96.5 Å². The number of nitrogens with one attached hydrogen (secondary N) is 1. The van der Waals surface area contributed by atoms with E-state index in [4.69, 9.17) is 0 Å². The monoisotopic (exact) mass is 227 g/mol. The topological polar surface area (TPSA) is 32.9 Å². The Bertz CT molecular complexity index is 604. The van der Waals surface area contributed by atoms with Crippen LogP contribution < -0.4 is 0 Å². The van der Waals surface area contributed by atoms with Crippen molar-refractivity contribution in [1.29, 1.82) is 0 Å². The molecule has 3 rings (SSSR count). The number of carbonyl (C=O) groups excluding carboxylic acids is 1. The van der Waals surface area contributed by atoms with Gasteiger partial charge in [0, 0.05) is 21.8 Å². The average molecular weight is 227 g/mol. The molecule has 2 aromatic heterocycles. The fraction of sp³-hybridized carbons (Fsp3) is 0. The first-order valence-electron chi connectivity index (χ1n) is 4.99. The predicted octanol–water partition coefficient (Wildman–Crippen LogP) is 3.46. The lowest BCUT2D eigenvalue weighted by atomic mass is 10.1. The second-order valence-corrected chi connectivity index (χ2v) is 4.39. The maximum atomic E-state index is 12.1. The Balaban J connectivity index is 2.10. The molecule has 16 heavy (non-hydrogen) atoms. The zero-order valence-corrected chi connectivity index (χ0v) is 9.25. The number of fused-ring (bicyclic) bond motifs is 1. The molecule has 0 radical (unpaired) electrons. The summed E-state index contributed by atoms with van der Waals surface area (Å²) < 4.78 is 0. The van der Waals surface area contributed by atoms with Gasteiger partial charge in [-0.1, -0.05) is 18.2 Å². The second-order valence-electron chi connectivity index (χ2n) is 3.61. The van der Waals surface area contributed by atoms with E-state index in [0.717, 1.165) is 16.5 Å². The normalized spacial score (nSPS) is 10.8. The molecule has 0 spiro atoms. The molecule has 78 valence electrons. The quantitative estimate of drug-likeness (QED) is 0.668. The Kier molecular flexibility index (Phi) is 2.11. The van der Waals surface area contributed by atoms with E-state index in [0.29, 0.717) is 5.69 Å². The van der Waals surface area contributed by atoms with Crippen LogP contribution in [0.1, 0.15) is 16.1 Å². The minimum atomic E-state index is 0.0532. The largest absolute Gasteiger partial charge is 0.352 e. The van der Waals surface area contributed by atoms with Gasteiger partial charge in [-0.25, -0.2) is 0 Å². The highest BCUT2D eigenvalue weighted by atomic mass is 32.1. The molecule has 0 saturated carbocycles. The summed E-state index contributed by atoms with van der Waals surface area (Å²) in [6.45, 7) is 0. The number of para-hydroxylation sites is 1. The molecule has 0 bridgehead atoms. The van der Waals surface area contributed by atoms with Gasteiger partial charge in [-0.15, -0.1) is 0 Å². The third-order valence-electron chi connectivity index (χ3n) is 2.56. The maximum Gasteiger partial charge on any atom is 0.210 e. The van der Waals surface area contributed by atoms with Gasteiger partial charge in [0.1, 0.15) is 0 Å². The summed E-state index contributed by atoms with van der Waals surface area (Å²) in [6, 6.07) is 11.6. The number of carbonyl (C=O) groups is 1. The van der Waals surface area contributed by atoms with E-state index in [1.807, 2.05) is 47.2 Å². The van der Waals surface area contributed by atoms with Crippen molar-refractivity contribution in [3.8, 4) is 0 Å². The second kappa shape index (κ2) is 3.61. The predicted molar refractivity (Wildman–Crippen MR) is 66.1 cm³/mol. The van der Waals surface area contributed by atoms with Crippen LogP contribution in [-0.2, 0) is 0 Å². The van der Waals surface area contributed by atoms with Gasteiger partial charge in [0.15, 0.2) is 0 Å². The van der Waals surface area contributed by atoms with Crippen molar-refractivity contribution in [2.24, 2.45) is 0 Å². The Morgan fingerprint density at radius 1 is 1.19 bits per heavy atom. The van der Waals surface area contributed by atoms with Gasteiger partial charge >= 0.3 is 0 Å². The Morgan fingerprint density at radius 3 is 2.81 bits per heavy atom. The van der Waals surface area contributed by atoms with Gasteiger partial charge in [-0.05, 0) is 23.6 Å². The van der Waals surface area contributed by atoms with Gasteiger partial charge in [0.2, 0.25) is 5.78 Å². The first-order valence-corrected chi connectivity index (χ1v) is 5.93. The highest BCUT2D eigenvalue weighted by Gasteiger charge is 2.11. The summed E-state index contributed by atoms with van der Waals surface area (Å²) in [6.07, 6.45) is 0. The third-order valence-corrected chi connectivity index (χ3v) is 3.24. The van der Waals surface area contributed by atoms with Crippen molar-refractivity contribution < 1.29 is 4.79 Å². The standard InChI is InChI=1S/C13H9NOS/c15-13(10-5-6-16-8-10)12-7-9-3-1-2-4-11(9)14-12/h1-8,14H. The van der Waals surface area contributed by atoms with Gasteiger partial charge in [0.05, 0.1) is 5.69 Å². The molecular weight excluding hydrogens is 218 g/mol. The molecule has 3 aromatic rings. The molecule has 0 fully saturated rings. The number of thiophene rings is 1. The number of hydrogen-bond acceptors (Lipinski definition) is 2. The van der Waals surface area contributed by atoms with Crippen LogP contribution in [0.15, 0.2) is 47.2 Å². The Morgan fingerprint density at radius 2 is 2.06 bits per heavy atom. The van der Waals surface area contributed by atoms with Crippen LogP contribution in [0.2, 0.25) is 0 Å². The molecule has 0 aliphatic rings. The van der Waals surface area contributed by atoms with Gasteiger partial charge in [-0.2, -0.15) is 11.3 Å². The summed E-state index contributed by atoms with van der Waals surface area (Å²) in [5, 5.41) is 4.85. The van der Waals surface area contributed by atoms with Crippen molar-refractivity contribution >= 4 is 28.0 Å². The van der Waals surface area contributed by atoms with Crippen LogP contribution in [0.4, 0.5) is 0 Å². The SMILES string of the molecule is O=C(c1ccsc1)c1cc2ccccc2[nH]1. The Hall–Kier alpha value is -1.87. The minimum Gasteiger partial charge on any atom is -0.352 e. The smallest absolute Gasteiger partial charge is 0.210 e. The van der Waals surface area contributed by atoms with Crippen molar-refractivity contribution in [2.75, 3.05) is 0 Å². The fourth-order valence-electron chi connectivity index (χ4n) is 1.74. The van der Waals surface area contributed by atoms with Crippen molar-refractivity contribution in [3.63, 3.8) is 0 Å². The third kappa shape index (κ3) is 1.46. The van der Waals surface area contributed by atoms with E-state index in [-0.39, 0.29) is 5.78 Å². The maximum absolute atomic E-state index is 12.1. The van der Waals surface area contributed by atoms with Gasteiger partial charge in [-0.3, -0.25) is 4.79 Å². The molecule has 0 aliphatic carbocycles. The number of benzene rings is 1. The van der Waals surface area contributed by atoms with Gasteiger partial charge < -0.3 is 4.98 Å². The average Bonchev–Trinajstić information content (AvgIpc) is 2.97. The van der Waals surface area contributed by atoms with Crippen LogP contribution in [0.25, 0.3) is 10.9 Å². The van der Waals surface area contributed by atoms with Gasteiger partial charge in [0.25, 0.3) is 0 Å². The summed E-state index contributed by atoms with van der Waals surface area (Å²) in [7, 11) is 0. The number of aromatic nitrogens is 1. The van der Waals surface area contributed by atoms with Crippen LogP contribution >= 0.6 is 11.3 Å². The number of rotatable bonds is 2. The summed E-state index contributed by atoms with van der Waals surface area (Å²) in [5.74, 6) is 0.0532. The van der Waals surface area contributed by atoms with E-state index in [1.165, 1.54) is 11.3 Å². The molecule has 0 amide bonds. The van der Waals surface area contributed by atoms with Crippen molar-refractivity contribution in [1.82, 2.24) is 4.98 Å². The van der Waals surface area contributed by atoms with Crippen molar-refractivity contribution in [3.05, 3.63) is 58.4 Å². The molecule has 0 saturated heterocycles. The number of aromatic amines is 1. The molecule has 0 aliphatic heterocycles. The molecule has 2 nitrogen and oxygen atoms in total. The van der Waals surface area contributed by atoms with Crippen LogP contribution in [0.5, 0.6) is 0 Å². The van der Waals surface area contributed by atoms with E-state index in [1.54, 1.807) is 0 Å². The zero-order valence-electron chi connectivity index (χ0n) is 8.44. The van der Waals surface area contributed by atoms with E-state index >= 15 is 0 Å². The highest BCUT2D eigenvalue weighted by Crippen LogP contribution is 2.18. The lowest BCUT2D eigenvalue weighted by molar-refractivity contribution is 0.103. The first kappa shape index (κ1) is 9.36. The van der Waals surface area contributed by atoms with Crippen LogP contribution in [0.3, 0.4) is 0 Å². The number of hydrogen-bond donors (Lipinski definition) is 1. The minimum absolute atomic E-state index is 0.0532. The lowest BCUT2D eigenvalue weighted by Gasteiger charge is -1.92. The fourth-order valence-corrected chi connectivity index (χ4v) is 2.38. The summed E-state index contributed by atoms with van der Waals surface area (Å²) >= 11 is 1.53. The molecule has 1 aromatic carbocycles. The first-order chi connectivity index (χ1) is 7.84. The molecule has 0 unspecified atom stereocenters. The van der Waals surface area contributed by atoms with Crippen molar-refractivity contribution in [2.45, 2.75) is 0 Å². The van der Waals surface area contributed by atoms with Crippen LogP contribution in [-0.4, -0.2) is 10.8 Å². The zero-order chi connectivity index (χ0) is 11.0.